The number of benzene rings is 2. The van der Waals surface area contributed by atoms with E-state index in [0.717, 1.165) is 12.1 Å². The van der Waals surface area contributed by atoms with Gasteiger partial charge in [-0.05, 0) is 12.1 Å². The molecule has 0 fully saturated rings. The van der Waals surface area contributed by atoms with Crippen LogP contribution in [0.5, 0.6) is 0 Å². The zero-order chi connectivity index (χ0) is 18.2. The van der Waals surface area contributed by atoms with Crippen LogP contribution in [0.25, 0.3) is 0 Å². The number of alkyl halides is 3. The van der Waals surface area contributed by atoms with Crippen molar-refractivity contribution in [2.75, 3.05) is 0 Å². The smallest absolute Gasteiger partial charge is 0.366 e. The van der Waals surface area contributed by atoms with Crippen molar-refractivity contribution in [3.05, 3.63) is 80.3 Å². The maximum absolute atomic E-state index is 14.0. The van der Waals surface area contributed by atoms with Crippen LogP contribution in [0.2, 0.25) is 0 Å². The average Bonchev–Trinajstić information content (AvgIpc) is 2.98. The molecule has 2 atom stereocenters. The summed E-state index contributed by atoms with van der Waals surface area (Å²) in [6, 6.07) is 10.4. The summed E-state index contributed by atoms with van der Waals surface area (Å²) in [5, 5.41) is 15.1. The van der Waals surface area contributed by atoms with Crippen molar-refractivity contribution in [2.45, 2.75) is 17.8 Å². The molecule has 9 heteroatoms. The second-order valence-electron chi connectivity index (χ2n) is 5.36. The van der Waals surface area contributed by atoms with Gasteiger partial charge in [0.15, 0.2) is 5.71 Å². The lowest BCUT2D eigenvalue weighted by Gasteiger charge is -2.30. The highest BCUT2D eigenvalue weighted by molar-refractivity contribution is 9.10. The number of halogens is 4. The summed E-state index contributed by atoms with van der Waals surface area (Å²) in [6.07, 6.45) is -5.06. The Balaban J connectivity index is 2.20. The molecule has 5 nitrogen and oxygen atoms in total. The minimum atomic E-state index is -5.06. The summed E-state index contributed by atoms with van der Waals surface area (Å²) >= 11 is 3.13. The van der Waals surface area contributed by atoms with Crippen LogP contribution in [-0.4, -0.2) is 22.9 Å². The first-order chi connectivity index (χ1) is 11.8. The summed E-state index contributed by atoms with van der Waals surface area (Å²) in [6.45, 7) is 0. The molecular weight excluding hydrogens is 405 g/mol. The molecule has 0 radical (unpaired) electrons. The minimum absolute atomic E-state index is 0.201. The molecule has 2 aromatic carbocycles. The maximum Gasteiger partial charge on any atom is 0.443 e. The van der Waals surface area contributed by atoms with E-state index in [-0.39, 0.29) is 16.8 Å². The van der Waals surface area contributed by atoms with Gasteiger partial charge in [0.2, 0.25) is 0 Å². The van der Waals surface area contributed by atoms with Crippen molar-refractivity contribution in [3.8, 4) is 0 Å². The summed E-state index contributed by atoms with van der Waals surface area (Å²) in [5.74, 6) is 0. The van der Waals surface area contributed by atoms with Crippen LogP contribution >= 0.6 is 15.9 Å². The van der Waals surface area contributed by atoms with Gasteiger partial charge in [-0.15, -0.1) is 0 Å². The highest BCUT2D eigenvalue weighted by Gasteiger charge is 2.74. The van der Waals surface area contributed by atoms with Gasteiger partial charge in [-0.3, -0.25) is 10.1 Å². The third kappa shape index (κ3) is 2.78. The van der Waals surface area contributed by atoms with Crippen LogP contribution in [0.3, 0.4) is 0 Å². The first kappa shape index (κ1) is 17.4. The van der Waals surface area contributed by atoms with E-state index in [0.29, 0.717) is 4.47 Å². The number of nitrogens with zero attached hydrogens (tertiary/aromatic N) is 2. The lowest BCUT2D eigenvalue weighted by molar-refractivity contribution is -0.540. The van der Waals surface area contributed by atoms with Gasteiger partial charge in [0.05, 0.1) is 0 Å². The van der Waals surface area contributed by atoms with E-state index >= 15 is 0 Å². The molecule has 130 valence electrons. The van der Waals surface area contributed by atoms with Gasteiger partial charge in [0.1, 0.15) is 0 Å². The van der Waals surface area contributed by atoms with Gasteiger partial charge in [-0.2, -0.15) is 13.2 Å². The van der Waals surface area contributed by atoms with E-state index in [2.05, 4.69) is 21.1 Å². The SMILES string of the molecule is O=[N+]([O-])[C@H]1C(c2ccccc2)=NO[C@]1(c1ccc(Br)cc1)C(F)(F)F. The van der Waals surface area contributed by atoms with E-state index in [1.165, 1.54) is 24.3 Å². The predicted molar refractivity (Wildman–Crippen MR) is 86.7 cm³/mol. The second-order valence-corrected chi connectivity index (χ2v) is 6.28. The Morgan fingerprint density at radius 2 is 1.72 bits per heavy atom. The number of hydrogen-bond acceptors (Lipinski definition) is 4. The largest absolute Gasteiger partial charge is 0.443 e. The zero-order valence-electron chi connectivity index (χ0n) is 12.4. The van der Waals surface area contributed by atoms with Crippen molar-refractivity contribution >= 4 is 21.6 Å². The Morgan fingerprint density at radius 3 is 2.24 bits per heavy atom. The van der Waals surface area contributed by atoms with E-state index in [1.807, 2.05) is 0 Å². The molecule has 0 spiro atoms. The van der Waals surface area contributed by atoms with Gasteiger partial charge in [-0.25, -0.2) is 0 Å². The van der Waals surface area contributed by atoms with Crippen LogP contribution in [0, 0.1) is 10.1 Å². The highest BCUT2D eigenvalue weighted by Crippen LogP contribution is 2.50. The van der Waals surface area contributed by atoms with E-state index in [1.54, 1.807) is 18.2 Å². The van der Waals surface area contributed by atoms with Crippen molar-refractivity contribution in [1.82, 2.24) is 0 Å². The summed E-state index contributed by atoms with van der Waals surface area (Å²) in [4.78, 5) is 15.4. The fraction of sp³-hybridized carbons (Fsp3) is 0.188. The first-order valence-electron chi connectivity index (χ1n) is 7.05. The lowest BCUT2D eigenvalue weighted by atomic mass is 9.82. The molecule has 0 unspecified atom stereocenters. The van der Waals surface area contributed by atoms with Gasteiger partial charge < -0.3 is 4.84 Å². The third-order valence-corrected chi connectivity index (χ3v) is 4.44. The second kappa shape index (κ2) is 6.14. The van der Waals surface area contributed by atoms with Crippen LogP contribution in [0.1, 0.15) is 11.1 Å². The van der Waals surface area contributed by atoms with Crippen molar-refractivity contribution in [2.24, 2.45) is 5.16 Å². The van der Waals surface area contributed by atoms with E-state index in [9.17, 15) is 23.3 Å². The molecule has 0 amide bonds. The predicted octanol–water partition coefficient (Wildman–Crippen LogP) is 4.29. The molecule has 3 rings (SSSR count). The number of nitro groups is 1. The summed E-state index contributed by atoms with van der Waals surface area (Å²) < 4.78 is 42.5. The third-order valence-electron chi connectivity index (χ3n) is 3.91. The molecule has 0 saturated carbocycles. The van der Waals surface area contributed by atoms with Gasteiger partial charge in [-0.1, -0.05) is 63.6 Å². The zero-order valence-corrected chi connectivity index (χ0v) is 14.0. The Bertz CT molecular complexity index is 825. The molecule has 2 aromatic rings. The maximum atomic E-state index is 14.0. The molecule has 0 N–H and O–H groups in total. The highest BCUT2D eigenvalue weighted by atomic mass is 79.9. The molecule has 25 heavy (non-hydrogen) atoms. The Hall–Kier alpha value is -2.42. The number of rotatable bonds is 3. The Kier molecular flexibility index (Phi) is 4.28. The number of hydrogen-bond donors (Lipinski definition) is 0. The van der Waals surface area contributed by atoms with Crippen LogP contribution in [-0.2, 0) is 10.4 Å². The molecule has 0 aliphatic carbocycles. The fourth-order valence-corrected chi connectivity index (χ4v) is 3.02. The van der Waals surface area contributed by atoms with Crippen molar-refractivity contribution in [3.63, 3.8) is 0 Å². The van der Waals surface area contributed by atoms with Gasteiger partial charge in [0.25, 0.3) is 0 Å². The summed E-state index contributed by atoms with van der Waals surface area (Å²) in [7, 11) is 0. The molecule has 0 bridgehead atoms. The topological polar surface area (TPSA) is 64.7 Å². The minimum Gasteiger partial charge on any atom is -0.366 e. The first-order valence-corrected chi connectivity index (χ1v) is 7.84. The molecule has 0 saturated heterocycles. The standard InChI is InChI=1S/C16H10BrF3N2O3/c17-12-8-6-11(7-9-12)15(16(18,19)20)14(22(23)24)13(21-25-15)10-4-2-1-3-5-10/h1-9,14H/t14-,15-/m0/s1. The van der Waals surface area contributed by atoms with Gasteiger partial charge >= 0.3 is 17.8 Å². The quantitative estimate of drug-likeness (QED) is 0.555. The van der Waals surface area contributed by atoms with Crippen molar-refractivity contribution in [1.29, 1.82) is 0 Å². The average molecular weight is 415 g/mol. The van der Waals surface area contributed by atoms with Crippen LogP contribution in [0.4, 0.5) is 13.2 Å². The van der Waals surface area contributed by atoms with E-state index < -0.39 is 22.7 Å². The Labute approximate surface area is 148 Å². The van der Waals surface area contributed by atoms with Crippen LogP contribution < -0.4 is 0 Å². The van der Waals surface area contributed by atoms with E-state index in [4.69, 9.17) is 4.84 Å². The van der Waals surface area contributed by atoms with Gasteiger partial charge in [0, 0.05) is 20.5 Å². The fourth-order valence-electron chi connectivity index (χ4n) is 2.76. The molecule has 1 heterocycles. The normalized spacial score (nSPS) is 23.0. The lowest BCUT2D eigenvalue weighted by Crippen LogP contribution is -2.55. The monoisotopic (exact) mass is 414 g/mol. The summed E-state index contributed by atoms with van der Waals surface area (Å²) in [5.41, 5.74) is -3.75. The number of oxime groups is 1. The Morgan fingerprint density at radius 1 is 1.12 bits per heavy atom. The molecule has 0 aromatic heterocycles. The molecular formula is C16H10BrF3N2O3. The van der Waals surface area contributed by atoms with Crippen LogP contribution in [0.15, 0.2) is 64.2 Å². The molecule has 1 aliphatic rings. The van der Waals surface area contributed by atoms with Crippen molar-refractivity contribution < 1.29 is 22.9 Å². The molecule has 1 aliphatic heterocycles.